The molecule has 0 spiro atoms. The van der Waals surface area contributed by atoms with Crippen molar-refractivity contribution in [2.45, 2.75) is 30.9 Å². The van der Waals surface area contributed by atoms with Gasteiger partial charge in [0, 0.05) is 6.54 Å². The minimum Gasteiger partial charge on any atom is -0.374 e. The second-order valence-electron chi connectivity index (χ2n) is 5.32. The molecule has 0 aliphatic carbocycles. The van der Waals surface area contributed by atoms with E-state index in [1.807, 2.05) is 0 Å². The molecule has 0 saturated carbocycles. The van der Waals surface area contributed by atoms with E-state index in [0.717, 1.165) is 0 Å². The third kappa shape index (κ3) is 2.39. The summed E-state index contributed by atoms with van der Waals surface area (Å²) >= 11 is 0. The zero-order chi connectivity index (χ0) is 15.4. The Hall–Kier alpha value is -0.970. The number of sulfone groups is 1. The highest BCUT2D eigenvalue weighted by atomic mass is 32.2. The monoisotopic (exact) mass is 336 g/mol. The molecule has 2 aliphatic heterocycles. The van der Waals surface area contributed by atoms with Crippen LogP contribution in [0.25, 0.3) is 0 Å². The number of ether oxygens (including phenoxy) is 1. The first-order valence-corrected chi connectivity index (χ1v) is 9.75. The summed E-state index contributed by atoms with van der Waals surface area (Å²) < 4.78 is 60.7. The Morgan fingerprint density at radius 2 is 2.00 bits per heavy atom. The summed E-state index contributed by atoms with van der Waals surface area (Å²) in [7, 11) is -7.13. The van der Waals surface area contributed by atoms with Gasteiger partial charge in [0.15, 0.2) is 15.6 Å². The molecule has 8 nitrogen and oxygen atoms in total. The van der Waals surface area contributed by atoms with E-state index in [1.165, 1.54) is 11.2 Å². The maximum Gasteiger partial charge on any atom is 0.248 e. The zero-order valence-electron chi connectivity index (χ0n) is 11.6. The molecular weight excluding hydrogens is 320 g/mol. The molecule has 21 heavy (non-hydrogen) atoms. The number of hydrogen-bond acceptors (Lipinski definition) is 7. The molecule has 3 heterocycles. The van der Waals surface area contributed by atoms with Crippen molar-refractivity contribution in [3.05, 3.63) is 11.5 Å². The molecule has 10 heteroatoms. The van der Waals surface area contributed by atoms with Gasteiger partial charge in [-0.15, -0.1) is 0 Å². The van der Waals surface area contributed by atoms with Crippen molar-refractivity contribution in [1.29, 1.82) is 0 Å². The first kappa shape index (κ1) is 14.9. The van der Waals surface area contributed by atoms with Gasteiger partial charge in [0.1, 0.15) is 10.6 Å². The summed E-state index contributed by atoms with van der Waals surface area (Å²) in [4.78, 5) is 0.0208. The summed E-state index contributed by atoms with van der Waals surface area (Å²) in [6, 6.07) is -0.678. The van der Waals surface area contributed by atoms with E-state index in [2.05, 4.69) is 5.16 Å². The van der Waals surface area contributed by atoms with Gasteiger partial charge in [-0.3, -0.25) is 0 Å². The minimum atomic E-state index is -3.85. The van der Waals surface area contributed by atoms with Gasteiger partial charge in [-0.1, -0.05) is 5.16 Å². The number of rotatable bonds is 2. The average Bonchev–Trinajstić information content (AvgIpc) is 2.86. The van der Waals surface area contributed by atoms with Crippen molar-refractivity contribution in [3.8, 4) is 0 Å². The van der Waals surface area contributed by atoms with E-state index in [4.69, 9.17) is 9.26 Å². The van der Waals surface area contributed by atoms with E-state index in [9.17, 15) is 16.8 Å². The molecule has 0 aromatic carbocycles. The van der Waals surface area contributed by atoms with Crippen LogP contribution in [-0.4, -0.2) is 63.1 Å². The van der Waals surface area contributed by atoms with Crippen LogP contribution >= 0.6 is 0 Å². The number of morpholine rings is 1. The largest absolute Gasteiger partial charge is 0.374 e. The summed E-state index contributed by atoms with van der Waals surface area (Å²) in [6.07, 6.45) is -0.598. The predicted molar refractivity (Wildman–Crippen MR) is 72.1 cm³/mol. The minimum absolute atomic E-state index is 0.0208. The van der Waals surface area contributed by atoms with Crippen molar-refractivity contribution in [3.63, 3.8) is 0 Å². The number of sulfonamides is 1. The Labute approximate surface area is 123 Å². The number of aryl methyl sites for hydroxylation is 2. The summed E-state index contributed by atoms with van der Waals surface area (Å²) in [5.74, 6) is -0.137. The van der Waals surface area contributed by atoms with Gasteiger partial charge < -0.3 is 9.26 Å². The molecule has 2 fully saturated rings. The molecule has 1 aromatic heterocycles. The molecule has 2 saturated heterocycles. The van der Waals surface area contributed by atoms with Crippen LogP contribution < -0.4 is 0 Å². The Morgan fingerprint density at radius 1 is 1.29 bits per heavy atom. The van der Waals surface area contributed by atoms with Gasteiger partial charge in [-0.05, 0) is 13.8 Å². The van der Waals surface area contributed by atoms with E-state index >= 15 is 0 Å². The molecule has 118 valence electrons. The quantitative estimate of drug-likeness (QED) is 0.715. The highest BCUT2D eigenvalue weighted by molar-refractivity contribution is 7.92. The Morgan fingerprint density at radius 3 is 2.62 bits per heavy atom. The fourth-order valence-electron chi connectivity index (χ4n) is 2.94. The Bertz CT molecular complexity index is 747. The van der Waals surface area contributed by atoms with Crippen molar-refractivity contribution < 1.29 is 26.1 Å². The molecular formula is C11H16N2O6S2. The number of hydrogen-bond donors (Lipinski definition) is 0. The van der Waals surface area contributed by atoms with Gasteiger partial charge in [0.25, 0.3) is 0 Å². The van der Waals surface area contributed by atoms with Crippen LogP contribution in [0.1, 0.15) is 11.5 Å². The van der Waals surface area contributed by atoms with Crippen LogP contribution in [0.5, 0.6) is 0 Å². The Kier molecular flexibility index (Phi) is 3.39. The second kappa shape index (κ2) is 4.77. The van der Waals surface area contributed by atoms with Crippen LogP contribution in [0.3, 0.4) is 0 Å². The van der Waals surface area contributed by atoms with Crippen molar-refractivity contribution in [1.82, 2.24) is 9.46 Å². The average molecular weight is 336 g/mol. The van der Waals surface area contributed by atoms with Crippen LogP contribution in [0.2, 0.25) is 0 Å². The molecule has 3 rings (SSSR count). The standard InChI is InChI=1S/C11H16N2O6S2/c1-7-11(8(2)19-12-7)21(16,17)13-3-4-18-10-6-20(14,15)5-9(10)13/h9-10H,3-6H2,1-2H3. The lowest BCUT2D eigenvalue weighted by atomic mass is 10.2. The molecule has 2 atom stereocenters. The third-order valence-corrected chi connectivity index (χ3v) is 7.68. The first-order chi connectivity index (χ1) is 9.72. The lowest BCUT2D eigenvalue weighted by Gasteiger charge is -2.35. The van der Waals surface area contributed by atoms with Crippen LogP contribution in [0, 0.1) is 13.8 Å². The maximum absolute atomic E-state index is 12.8. The maximum atomic E-state index is 12.8. The molecule has 2 unspecified atom stereocenters. The fraction of sp³-hybridized carbons (Fsp3) is 0.727. The van der Waals surface area contributed by atoms with Crippen molar-refractivity contribution in [2.24, 2.45) is 0 Å². The smallest absolute Gasteiger partial charge is 0.248 e. The van der Waals surface area contributed by atoms with E-state index in [-0.39, 0.29) is 41.0 Å². The highest BCUT2D eigenvalue weighted by Crippen LogP contribution is 2.31. The van der Waals surface area contributed by atoms with E-state index in [1.54, 1.807) is 6.92 Å². The molecule has 0 bridgehead atoms. The van der Waals surface area contributed by atoms with Crippen LogP contribution in [0.4, 0.5) is 0 Å². The second-order valence-corrected chi connectivity index (χ2v) is 9.30. The van der Waals surface area contributed by atoms with Crippen LogP contribution in [0.15, 0.2) is 9.42 Å². The number of fused-ring (bicyclic) bond motifs is 1. The summed E-state index contributed by atoms with van der Waals surface area (Å²) in [6.45, 7) is 3.38. The zero-order valence-corrected chi connectivity index (χ0v) is 13.3. The molecule has 2 aliphatic rings. The third-order valence-electron chi connectivity index (χ3n) is 3.82. The summed E-state index contributed by atoms with van der Waals surface area (Å²) in [5.41, 5.74) is 0.274. The lowest BCUT2D eigenvalue weighted by molar-refractivity contribution is -0.0142. The molecule has 0 N–H and O–H groups in total. The van der Waals surface area contributed by atoms with E-state index in [0.29, 0.717) is 0 Å². The van der Waals surface area contributed by atoms with Crippen molar-refractivity contribution in [2.75, 3.05) is 24.7 Å². The van der Waals surface area contributed by atoms with Gasteiger partial charge in [-0.2, -0.15) is 4.31 Å². The first-order valence-electron chi connectivity index (χ1n) is 6.49. The van der Waals surface area contributed by atoms with Gasteiger partial charge >= 0.3 is 0 Å². The van der Waals surface area contributed by atoms with Gasteiger partial charge in [0.2, 0.25) is 10.0 Å². The van der Waals surface area contributed by atoms with Crippen LogP contribution in [-0.2, 0) is 24.6 Å². The number of aromatic nitrogens is 1. The lowest BCUT2D eigenvalue weighted by Crippen LogP contribution is -2.53. The van der Waals surface area contributed by atoms with Gasteiger partial charge in [-0.25, -0.2) is 16.8 Å². The molecule has 0 radical (unpaired) electrons. The fourth-order valence-corrected chi connectivity index (χ4v) is 6.83. The van der Waals surface area contributed by atoms with Gasteiger partial charge in [0.05, 0.1) is 30.3 Å². The normalized spacial score (nSPS) is 29.4. The SMILES string of the molecule is Cc1noc(C)c1S(=O)(=O)N1CCOC2CS(=O)(=O)CC21. The Balaban J connectivity index is 2.03. The highest BCUT2D eigenvalue weighted by Gasteiger charge is 2.49. The molecule has 0 amide bonds. The predicted octanol–water partition coefficient (Wildman–Crippen LogP) is -0.522. The number of nitrogens with zero attached hydrogens (tertiary/aromatic N) is 2. The summed E-state index contributed by atoms with van der Waals surface area (Å²) in [5, 5.41) is 3.66. The molecule has 1 aromatic rings. The topological polar surface area (TPSA) is 107 Å². The van der Waals surface area contributed by atoms with E-state index < -0.39 is 32.0 Å². The van der Waals surface area contributed by atoms with Crippen molar-refractivity contribution >= 4 is 19.9 Å².